The normalized spacial score (nSPS) is 20.1. The maximum absolute atomic E-state index is 12.6. The topological polar surface area (TPSA) is 138 Å². The smallest absolute Gasteiger partial charge is 0.407 e. The summed E-state index contributed by atoms with van der Waals surface area (Å²) in [7, 11) is -1.20. The van der Waals surface area contributed by atoms with Crippen molar-refractivity contribution in [2.45, 2.75) is 116 Å². The molecule has 1 aromatic heterocycles. The van der Waals surface area contributed by atoms with Crippen LogP contribution < -0.4 is 10.1 Å². The quantitative estimate of drug-likeness (QED) is 0.123. The second-order valence-corrected chi connectivity index (χ2v) is 20.7. The summed E-state index contributed by atoms with van der Waals surface area (Å²) < 4.78 is 31.0. The molecule has 13 heteroatoms. The van der Waals surface area contributed by atoms with Gasteiger partial charge in [-0.3, -0.25) is 0 Å². The van der Waals surface area contributed by atoms with Gasteiger partial charge in [0.2, 0.25) is 0 Å². The number of likely N-dealkylation sites (tertiary alicyclic amines) is 1. The van der Waals surface area contributed by atoms with Gasteiger partial charge in [-0.1, -0.05) is 25.7 Å². The van der Waals surface area contributed by atoms with E-state index in [2.05, 4.69) is 47.7 Å². The molecule has 1 saturated heterocycles. The lowest BCUT2D eigenvalue weighted by Gasteiger charge is -2.40. The lowest BCUT2D eigenvalue weighted by atomic mass is 9.90. The number of hydrogen-bond donors (Lipinski definition) is 2. The van der Waals surface area contributed by atoms with Gasteiger partial charge in [-0.25, -0.2) is 14.4 Å². The molecule has 1 aromatic carbocycles. The molecule has 2 aliphatic rings. The SMILES string of the molecule is CCOC(=O)COc1cc2c(ccn2COCC[Si](C)(C)C)cc1C1=CCC(OC[C@@H]2C(NC(=O)OC(C)(C)C)CCCN2C(=O)O)CC1. The van der Waals surface area contributed by atoms with E-state index < -0.39 is 43.9 Å². The van der Waals surface area contributed by atoms with Crippen molar-refractivity contribution in [2.24, 2.45) is 0 Å². The van der Waals surface area contributed by atoms with Crippen LogP contribution in [0.1, 0.15) is 65.4 Å². The molecule has 2 heterocycles. The Morgan fingerprint density at radius 1 is 1.12 bits per heavy atom. The minimum absolute atomic E-state index is 0.120. The Morgan fingerprint density at radius 2 is 1.90 bits per heavy atom. The van der Waals surface area contributed by atoms with E-state index in [0.717, 1.165) is 34.5 Å². The number of alkyl carbamates (subject to hydrolysis) is 1. The fourth-order valence-corrected chi connectivity index (χ4v) is 6.91. The second-order valence-electron chi connectivity index (χ2n) is 15.0. The van der Waals surface area contributed by atoms with Gasteiger partial charge in [0, 0.05) is 44.4 Å². The first-order valence-electron chi connectivity index (χ1n) is 17.4. The van der Waals surface area contributed by atoms with Gasteiger partial charge in [-0.05, 0) is 83.5 Å². The van der Waals surface area contributed by atoms with Gasteiger partial charge in [0.05, 0.1) is 36.9 Å². The highest BCUT2D eigenvalue weighted by Crippen LogP contribution is 2.37. The number of hydrogen-bond acceptors (Lipinski definition) is 8. The average molecular weight is 702 g/mol. The van der Waals surface area contributed by atoms with Crippen LogP contribution in [0.4, 0.5) is 9.59 Å². The Morgan fingerprint density at radius 3 is 2.55 bits per heavy atom. The number of allylic oxidation sites excluding steroid dienone is 1. The molecule has 1 fully saturated rings. The Labute approximate surface area is 291 Å². The zero-order valence-electron chi connectivity index (χ0n) is 30.2. The number of esters is 1. The van der Waals surface area contributed by atoms with Gasteiger partial charge < -0.3 is 43.6 Å². The third-order valence-electron chi connectivity index (χ3n) is 8.69. The number of aromatic nitrogens is 1. The third kappa shape index (κ3) is 11.5. The van der Waals surface area contributed by atoms with Gasteiger partial charge in [-0.15, -0.1) is 0 Å². The standard InChI is InChI=1S/C36H55N3O9Si/c1-8-45-33(40)23-47-32-21-30-26(15-17-38(30)24-44-18-19-49(5,6)7)20-28(32)25-11-13-27(14-12-25)46-22-31-29(10-9-16-39(31)35(42)43)37-34(41)48-36(2,3)4/h11,15,17,20-21,27,29,31H,8-10,12-14,16,18-19,22-24H2,1-7H3,(H,37,41)(H,42,43)/t27?,29?,31-/m1/s1. The van der Waals surface area contributed by atoms with Gasteiger partial charge in [0.1, 0.15) is 18.1 Å². The van der Waals surface area contributed by atoms with Crippen molar-refractivity contribution in [3.63, 3.8) is 0 Å². The maximum Gasteiger partial charge on any atom is 0.407 e. The van der Waals surface area contributed by atoms with Crippen LogP contribution in [-0.2, 0) is 30.5 Å². The number of piperidine rings is 1. The number of rotatable bonds is 14. The van der Waals surface area contributed by atoms with E-state index in [4.69, 9.17) is 23.7 Å². The molecule has 1 aliphatic heterocycles. The van der Waals surface area contributed by atoms with Gasteiger partial charge in [0.25, 0.3) is 0 Å². The van der Waals surface area contributed by atoms with E-state index in [1.807, 2.05) is 12.3 Å². The van der Waals surface area contributed by atoms with Gasteiger partial charge in [-0.2, -0.15) is 0 Å². The molecule has 4 rings (SSSR count). The van der Waals surface area contributed by atoms with Crippen molar-refractivity contribution in [3.05, 3.63) is 36.0 Å². The minimum atomic E-state index is -1.20. The predicted molar refractivity (Wildman–Crippen MR) is 191 cm³/mol. The molecule has 1 aliphatic carbocycles. The molecule has 3 atom stereocenters. The van der Waals surface area contributed by atoms with Crippen molar-refractivity contribution in [1.82, 2.24) is 14.8 Å². The van der Waals surface area contributed by atoms with Crippen LogP contribution in [0.25, 0.3) is 16.5 Å². The molecule has 272 valence electrons. The molecule has 2 aromatic rings. The Kier molecular flexibility index (Phi) is 13.2. The van der Waals surface area contributed by atoms with Crippen LogP contribution in [0, 0.1) is 0 Å². The van der Waals surface area contributed by atoms with E-state index >= 15 is 0 Å². The number of nitrogens with one attached hydrogen (secondary N) is 1. The lowest BCUT2D eigenvalue weighted by Crippen LogP contribution is -2.59. The summed E-state index contributed by atoms with van der Waals surface area (Å²) in [5, 5.41) is 13.8. The molecule has 49 heavy (non-hydrogen) atoms. The molecule has 2 unspecified atom stereocenters. The lowest BCUT2D eigenvalue weighted by molar-refractivity contribution is -0.145. The monoisotopic (exact) mass is 701 g/mol. The molecular weight excluding hydrogens is 646 g/mol. The van der Waals surface area contributed by atoms with Crippen LogP contribution in [0.3, 0.4) is 0 Å². The van der Waals surface area contributed by atoms with Crippen molar-refractivity contribution >= 4 is 42.7 Å². The summed E-state index contributed by atoms with van der Waals surface area (Å²) in [6.07, 6.45) is 5.75. The second kappa shape index (κ2) is 16.9. The first kappa shape index (κ1) is 38.3. The Hall–Kier alpha value is -3.55. The Bertz CT molecular complexity index is 1480. The zero-order chi connectivity index (χ0) is 35.8. The number of benzene rings is 1. The molecule has 0 radical (unpaired) electrons. The first-order chi connectivity index (χ1) is 23.1. The molecule has 0 saturated carbocycles. The molecule has 2 amide bonds. The highest BCUT2D eigenvalue weighted by Gasteiger charge is 2.37. The van der Waals surface area contributed by atoms with Crippen LogP contribution >= 0.6 is 0 Å². The number of carbonyl (C=O) groups excluding carboxylic acids is 2. The van der Waals surface area contributed by atoms with Crippen molar-refractivity contribution in [1.29, 1.82) is 0 Å². The summed E-state index contributed by atoms with van der Waals surface area (Å²) in [5.74, 6) is 0.172. The third-order valence-corrected chi connectivity index (χ3v) is 10.4. The Balaban J connectivity index is 1.47. The van der Waals surface area contributed by atoms with Crippen molar-refractivity contribution < 1.29 is 43.2 Å². The molecule has 12 nitrogen and oxygen atoms in total. The number of carboxylic acid groups (broad SMARTS) is 1. The van der Waals surface area contributed by atoms with Crippen LogP contribution in [0.2, 0.25) is 25.7 Å². The number of fused-ring (bicyclic) bond motifs is 1. The van der Waals surface area contributed by atoms with Gasteiger partial charge in [0.15, 0.2) is 6.61 Å². The first-order valence-corrected chi connectivity index (χ1v) is 21.1. The molecule has 0 bridgehead atoms. The van der Waals surface area contributed by atoms with Crippen molar-refractivity contribution in [2.75, 3.05) is 33.0 Å². The largest absolute Gasteiger partial charge is 0.481 e. The summed E-state index contributed by atoms with van der Waals surface area (Å²) in [4.78, 5) is 38.2. The van der Waals surface area contributed by atoms with E-state index in [0.29, 0.717) is 51.3 Å². The van der Waals surface area contributed by atoms with Crippen LogP contribution in [0.5, 0.6) is 5.75 Å². The molecule has 0 spiro atoms. The number of carbonyl (C=O) groups is 3. The minimum Gasteiger partial charge on any atom is -0.481 e. The maximum atomic E-state index is 12.6. The summed E-state index contributed by atoms with van der Waals surface area (Å²) in [6.45, 7) is 15.9. The number of amides is 2. The fraction of sp³-hybridized carbons (Fsp3) is 0.639. The average Bonchev–Trinajstić information content (AvgIpc) is 3.41. The summed E-state index contributed by atoms with van der Waals surface area (Å²) in [6, 6.07) is 6.27. The highest BCUT2D eigenvalue weighted by atomic mass is 28.3. The van der Waals surface area contributed by atoms with E-state index in [9.17, 15) is 19.5 Å². The molecule has 2 N–H and O–H groups in total. The highest BCUT2D eigenvalue weighted by molar-refractivity contribution is 6.76. The zero-order valence-corrected chi connectivity index (χ0v) is 31.2. The molecular formula is C36H55N3O9Si. The number of nitrogens with zero attached hydrogens (tertiary/aromatic N) is 2. The van der Waals surface area contributed by atoms with E-state index in [1.165, 1.54) is 4.90 Å². The van der Waals surface area contributed by atoms with Crippen LogP contribution in [0.15, 0.2) is 30.5 Å². The predicted octanol–water partition coefficient (Wildman–Crippen LogP) is 6.88. The van der Waals surface area contributed by atoms with E-state index in [-0.39, 0.29) is 25.9 Å². The van der Waals surface area contributed by atoms with Crippen LogP contribution in [-0.4, -0.2) is 97.6 Å². The van der Waals surface area contributed by atoms with Crippen molar-refractivity contribution in [3.8, 4) is 5.75 Å². The summed E-state index contributed by atoms with van der Waals surface area (Å²) >= 11 is 0. The van der Waals surface area contributed by atoms with E-state index in [1.54, 1.807) is 27.7 Å². The summed E-state index contributed by atoms with van der Waals surface area (Å²) in [5.41, 5.74) is 2.30. The number of ether oxygens (including phenoxy) is 5. The fourth-order valence-electron chi connectivity index (χ4n) is 6.15. The van der Waals surface area contributed by atoms with Gasteiger partial charge >= 0.3 is 18.2 Å².